The Morgan fingerprint density at radius 1 is 1.15 bits per heavy atom. The number of hydroxylamine groups is 1. The number of aromatic hydroxyl groups is 3. The number of amides is 1. The molecular weight excluding hydrogens is 349 g/mol. The third-order valence-corrected chi connectivity index (χ3v) is 3.94. The van der Waals surface area contributed by atoms with Crippen LogP contribution in [0.4, 0.5) is 4.39 Å². The van der Waals surface area contributed by atoms with Crippen LogP contribution in [0.15, 0.2) is 36.4 Å². The first-order valence-electron chi connectivity index (χ1n) is 7.35. The van der Waals surface area contributed by atoms with Crippen LogP contribution in [0.5, 0.6) is 23.0 Å². The summed E-state index contributed by atoms with van der Waals surface area (Å²) in [6.45, 7) is 0. The van der Waals surface area contributed by atoms with Crippen LogP contribution in [0.1, 0.15) is 17.5 Å². The summed E-state index contributed by atoms with van der Waals surface area (Å²) in [6, 6.07) is 5.89. The van der Waals surface area contributed by atoms with Crippen molar-refractivity contribution in [2.24, 2.45) is 0 Å². The van der Waals surface area contributed by atoms with E-state index >= 15 is 0 Å². The van der Waals surface area contributed by atoms with Gasteiger partial charge in [-0.25, -0.2) is 9.87 Å². The van der Waals surface area contributed by atoms with Gasteiger partial charge in [-0.15, -0.1) is 0 Å². The topological polar surface area (TPSA) is 139 Å². The second kappa shape index (κ2) is 6.21. The summed E-state index contributed by atoms with van der Waals surface area (Å²) >= 11 is 0. The minimum Gasteiger partial charge on any atom is -0.504 e. The Hall–Kier alpha value is -3.30. The molecule has 0 fully saturated rings. The molecule has 26 heavy (non-hydrogen) atoms. The molecule has 0 aliphatic carbocycles. The Balaban J connectivity index is 2.19. The zero-order chi connectivity index (χ0) is 19.1. The van der Waals surface area contributed by atoms with Gasteiger partial charge in [0, 0.05) is 11.1 Å². The number of ether oxygens (including phenoxy) is 1. The fourth-order valence-electron chi connectivity index (χ4n) is 2.67. The molecule has 2 aromatic rings. The molecule has 0 bridgehead atoms. The van der Waals surface area contributed by atoms with Crippen molar-refractivity contribution in [3.05, 3.63) is 53.4 Å². The van der Waals surface area contributed by atoms with Crippen LogP contribution in [-0.4, -0.2) is 31.5 Å². The van der Waals surface area contributed by atoms with E-state index in [4.69, 9.17) is 9.94 Å². The first-order chi connectivity index (χ1) is 12.2. The van der Waals surface area contributed by atoms with Crippen LogP contribution < -0.4 is 10.2 Å². The number of rotatable bonds is 3. The second-order valence-corrected chi connectivity index (χ2v) is 5.72. The van der Waals surface area contributed by atoms with E-state index in [1.54, 1.807) is 0 Å². The van der Waals surface area contributed by atoms with Crippen molar-refractivity contribution in [1.29, 1.82) is 0 Å². The molecule has 3 rings (SSSR count). The van der Waals surface area contributed by atoms with Gasteiger partial charge in [-0.1, -0.05) is 0 Å². The summed E-state index contributed by atoms with van der Waals surface area (Å²) in [6.07, 6.45) is 0.432. The summed E-state index contributed by atoms with van der Waals surface area (Å²) in [5.74, 6) is -4.37. The molecule has 1 aliphatic heterocycles. The first-order valence-corrected chi connectivity index (χ1v) is 7.35. The minimum absolute atomic E-state index is 0.0360. The van der Waals surface area contributed by atoms with E-state index < -0.39 is 46.7 Å². The number of nitrogens with one attached hydrogen (secondary N) is 1. The Bertz CT molecular complexity index is 910. The maximum absolute atomic E-state index is 13.1. The van der Waals surface area contributed by atoms with Crippen molar-refractivity contribution in [3.8, 4) is 23.0 Å². The molecule has 1 amide bonds. The lowest BCUT2D eigenvalue weighted by Crippen LogP contribution is -2.34. The van der Waals surface area contributed by atoms with E-state index in [2.05, 4.69) is 0 Å². The molecule has 9 heteroatoms. The predicted molar refractivity (Wildman–Crippen MR) is 84.9 cm³/mol. The lowest BCUT2D eigenvalue weighted by molar-refractivity contribution is -0.133. The van der Waals surface area contributed by atoms with Gasteiger partial charge in [-0.2, -0.15) is 0 Å². The Morgan fingerprint density at radius 3 is 2.42 bits per heavy atom. The monoisotopic (exact) mass is 363 g/mol. The summed E-state index contributed by atoms with van der Waals surface area (Å²) < 4.78 is 18.6. The molecule has 0 aromatic heterocycles. The lowest BCUT2D eigenvalue weighted by Gasteiger charge is -2.32. The number of carbonyl (C=O) groups excluding carboxylic acids is 1. The Labute approximate surface area is 146 Å². The predicted octanol–water partition coefficient (Wildman–Crippen LogP) is 1.46. The van der Waals surface area contributed by atoms with Crippen molar-refractivity contribution in [2.75, 3.05) is 0 Å². The van der Waals surface area contributed by atoms with E-state index in [0.717, 1.165) is 24.3 Å². The number of halogens is 1. The Kier molecular flexibility index (Phi) is 4.18. The molecule has 0 radical (unpaired) electrons. The van der Waals surface area contributed by atoms with Crippen molar-refractivity contribution >= 4 is 11.7 Å². The van der Waals surface area contributed by atoms with Gasteiger partial charge in [0.25, 0.3) is 0 Å². The quantitative estimate of drug-likeness (QED) is 0.276. The zero-order valence-corrected chi connectivity index (χ0v) is 13.1. The SMILES string of the molecule is O=C(CC1(O)C=C(c2ccc(F)cc2)Oc2c1cc(O)c(O)c2O)NO. The van der Waals surface area contributed by atoms with Gasteiger partial charge in [-0.3, -0.25) is 10.0 Å². The van der Waals surface area contributed by atoms with Gasteiger partial charge in [0.2, 0.25) is 17.4 Å². The van der Waals surface area contributed by atoms with Crippen LogP contribution in [0.3, 0.4) is 0 Å². The molecule has 2 aromatic carbocycles. The lowest BCUT2D eigenvalue weighted by atomic mass is 9.85. The van der Waals surface area contributed by atoms with E-state index in [1.807, 2.05) is 0 Å². The summed E-state index contributed by atoms with van der Waals surface area (Å²) in [7, 11) is 0. The molecule has 1 unspecified atom stereocenters. The third kappa shape index (κ3) is 2.89. The van der Waals surface area contributed by atoms with Crippen LogP contribution >= 0.6 is 0 Å². The molecule has 0 spiro atoms. The fraction of sp³-hybridized carbons (Fsp3) is 0.118. The highest BCUT2D eigenvalue weighted by molar-refractivity contribution is 5.80. The van der Waals surface area contributed by atoms with Crippen LogP contribution in [0.2, 0.25) is 0 Å². The van der Waals surface area contributed by atoms with Crippen LogP contribution in [0.25, 0.3) is 5.76 Å². The average molecular weight is 363 g/mol. The van der Waals surface area contributed by atoms with E-state index in [0.29, 0.717) is 5.56 Å². The molecule has 136 valence electrons. The van der Waals surface area contributed by atoms with Crippen LogP contribution in [-0.2, 0) is 10.4 Å². The number of aliphatic hydroxyl groups is 1. The van der Waals surface area contributed by atoms with E-state index in [-0.39, 0.29) is 11.3 Å². The molecule has 0 saturated heterocycles. The first kappa shape index (κ1) is 17.5. The largest absolute Gasteiger partial charge is 0.504 e. The maximum atomic E-state index is 13.1. The third-order valence-electron chi connectivity index (χ3n) is 3.94. The molecule has 8 nitrogen and oxygen atoms in total. The van der Waals surface area contributed by atoms with Gasteiger partial charge in [0.1, 0.15) is 17.2 Å². The maximum Gasteiger partial charge on any atom is 0.246 e. The number of fused-ring (bicyclic) bond motifs is 1. The normalized spacial score (nSPS) is 18.5. The zero-order valence-electron chi connectivity index (χ0n) is 13.1. The van der Waals surface area contributed by atoms with Crippen molar-refractivity contribution in [2.45, 2.75) is 12.0 Å². The van der Waals surface area contributed by atoms with Gasteiger partial charge in [0.05, 0.1) is 6.42 Å². The second-order valence-electron chi connectivity index (χ2n) is 5.72. The molecular formula is C17H14FNO7. The number of carbonyl (C=O) groups is 1. The fourth-order valence-corrected chi connectivity index (χ4v) is 2.67. The number of hydrogen-bond acceptors (Lipinski definition) is 7. The van der Waals surface area contributed by atoms with Crippen LogP contribution in [0, 0.1) is 5.82 Å². The Morgan fingerprint density at radius 2 is 1.81 bits per heavy atom. The standard InChI is InChI=1S/C17H14FNO7/c18-9-3-1-8(2-4-9)12-6-17(24,7-13(21)19-25)10-5-11(20)14(22)15(23)16(10)26-12/h1-6,20,22-25H,7H2,(H,19,21). The van der Waals surface area contributed by atoms with Gasteiger partial charge < -0.3 is 25.2 Å². The molecule has 6 N–H and O–H groups in total. The smallest absolute Gasteiger partial charge is 0.246 e. The molecule has 0 saturated carbocycles. The van der Waals surface area contributed by atoms with Crippen molar-refractivity contribution < 1.29 is 39.6 Å². The number of hydrogen-bond donors (Lipinski definition) is 6. The van der Waals surface area contributed by atoms with E-state index in [1.165, 1.54) is 17.6 Å². The molecule has 1 aliphatic rings. The van der Waals surface area contributed by atoms with Crippen molar-refractivity contribution in [3.63, 3.8) is 0 Å². The summed E-state index contributed by atoms with van der Waals surface area (Å²) in [4.78, 5) is 11.6. The van der Waals surface area contributed by atoms with Gasteiger partial charge in [0.15, 0.2) is 11.5 Å². The number of phenolic OH excluding ortho intramolecular Hbond substituents is 3. The number of phenols is 3. The molecule has 1 atom stereocenters. The highest BCUT2D eigenvalue weighted by atomic mass is 19.1. The highest BCUT2D eigenvalue weighted by Gasteiger charge is 2.40. The van der Waals surface area contributed by atoms with E-state index in [9.17, 15) is 29.6 Å². The molecule has 1 heterocycles. The summed E-state index contributed by atoms with van der Waals surface area (Å²) in [5, 5.41) is 49.2. The summed E-state index contributed by atoms with van der Waals surface area (Å²) in [5.41, 5.74) is -0.623. The highest BCUT2D eigenvalue weighted by Crippen LogP contribution is 2.52. The van der Waals surface area contributed by atoms with Gasteiger partial charge >= 0.3 is 0 Å². The number of benzene rings is 2. The average Bonchev–Trinajstić information content (AvgIpc) is 2.61. The minimum atomic E-state index is -2.10. The van der Waals surface area contributed by atoms with Crippen molar-refractivity contribution in [1.82, 2.24) is 5.48 Å². The van der Waals surface area contributed by atoms with Gasteiger partial charge in [-0.05, 0) is 36.4 Å².